The molecule has 0 radical (unpaired) electrons. The van der Waals surface area contributed by atoms with Crippen LogP contribution in [0.25, 0.3) is 0 Å². The number of carbonyl (C=O) groups excluding carboxylic acids is 1. The summed E-state index contributed by atoms with van der Waals surface area (Å²) in [7, 11) is 1.37. The predicted molar refractivity (Wildman–Crippen MR) is 59.7 cm³/mol. The van der Waals surface area contributed by atoms with Crippen molar-refractivity contribution in [2.24, 2.45) is 0 Å². The molecule has 0 saturated heterocycles. The molecule has 0 bridgehead atoms. The maximum Gasteiger partial charge on any atom is 0.337 e. The van der Waals surface area contributed by atoms with Crippen LogP contribution < -0.4 is 0 Å². The number of alkyl halides is 1. The van der Waals surface area contributed by atoms with E-state index in [1.54, 1.807) is 13.8 Å². The number of rotatable bonds is 7. The summed E-state index contributed by atoms with van der Waals surface area (Å²) in [6, 6.07) is 0. The topological polar surface area (TPSA) is 35.5 Å². The first-order valence-electron chi connectivity index (χ1n) is 4.83. The zero-order valence-corrected chi connectivity index (χ0v) is 10.7. The lowest BCUT2D eigenvalue weighted by Gasteiger charge is -2.21. The Balaban J connectivity index is 3.60. The fourth-order valence-corrected chi connectivity index (χ4v) is 1.40. The number of unbranched alkanes of at least 4 members (excludes halogenated alkanes) is 2. The molecular formula is C10H19BrO3. The van der Waals surface area contributed by atoms with E-state index < -0.39 is 5.60 Å². The van der Waals surface area contributed by atoms with Gasteiger partial charge in [-0.2, -0.15) is 0 Å². The summed E-state index contributed by atoms with van der Waals surface area (Å²) in [6.07, 6.45) is 3.23. The number of hydrogen-bond acceptors (Lipinski definition) is 3. The van der Waals surface area contributed by atoms with Crippen molar-refractivity contribution in [1.82, 2.24) is 0 Å². The molecule has 0 aromatic heterocycles. The zero-order valence-electron chi connectivity index (χ0n) is 9.14. The van der Waals surface area contributed by atoms with Gasteiger partial charge in [-0.15, -0.1) is 0 Å². The summed E-state index contributed by atoms with van der Waals surface area (Å²) in [4.78, 5) is 11.2. The molecule has 0 rings (SSSR count). The van der Waals surface area contributed by atoms with Gasteiger partial charge in [-0.1, -0.05) is 22.4 Å². The number of methoxy groups -OCH3 is 1. The Kier molecular flexibility index (Phi) is 7.19. The van der Waals surface area contributed by atoms with E-state index in [9.17, 15) is 4.79 Å². The molecule has 0 saturated carbocycles. The van der Waals surface area contributed by atoms with Crippen molar-refractivity contribution in [1.29, 1.82) is 0 Å². The van der Waals surface area contributed by atoms with Crippen molar-refractivity contribution in [2.75, 3.05) is 19.0 Å². The van der Waals surface area contributed by atoms with E-state index in [0.29, 0.717) is 6.61 Å². The van der Waals surface area contributed by atoms with Crippen molar-refractivity contribution >= 4 is 21.9 Å². The molecule has 0 spiro atoms. The second-order valence-corrected chi connectivity index (χ2v) is 4.39. The molecule has 0 aromatic carbocycles. The monoisotopic (exact) mass is 266 g/mol. The molecule has 0 atom stereocenters. The van der Waals surface area contributed by atoms with Gasteiger partial charge < -0.3 is 9.47 Å². The minimum Gasteiger partial charge on any atom is -0.467 e. The van der Waals surface area contributed by atoms with E-state index in [-0.39, 0.29) is 5.97 Å². The lowest BCUT2D eigenvalue weighted by molar-refractivity contribution is -0.165. The SMILES string of the molecule is COC(=O)C(C)(C)OCCCCCBr. The third-order valence-electron chi connectivity index (χ3n) is 1.92. The van der Waals surface area contributed by atoms with Gasteiger partial charge in [-0.25, -0.2) is 4.79 Å². The van der Waals surface area contributed by atoms with Crippen LogP contribution in [0.5, 0.6) is 0 Å². The van der Waals surface area contributed by atoms with E-state index in [4.69, 9.17) is 4.74 Å². The highest BCUT2D eigenvalue weighted by molar-refractivity contribution is 9.09. The first-order valence-corrected chi connectivity index (χ1v) is 5.95. The zero-order chi connectivity index (χ0) is 11.0. The second-order valence-electron chi connectivity index (χ2n) is 3.60. The van der Waals surface area contributed by atoms with Crippen molar-refractivity contribution in [3.05, 3.63) is 0 Å². The summed E-state index contributed by atoms with van der Waals surface area (Å²) in [6.45, 7) is 4.06. The average molecular weight is 267 g/mol. The smallest absolute Gasteiger partial charge is 0.337 e. The summed E-state index contributed by atoms with van der Waals surface area (Å²) in [5.41, 5.74) is -0.816. The van der Waals surface area contributed by atoms with E-state index >= 15 is 0 Å². The second kappa shape index (κ2) is 7.23. The Morgan fingerprint density at radius 2 is 1.93 bits per heavy atom. The van der Waals surface area contributed by atoms with E-state index in [0.717, 1.165) is 24.6 Å². The molecule has 0 N–H and O–H groups in total. The molecule has 3 nitrogen and oxygen atoms in total. The van der Waals surface area contributed by atoms with Crippen LogP contribution in [0.2, 0.25) is 0 Å². The van der Waals surface area contributed by atoms with Crippen LogP contribution in [0.1, 0.15) is 33.1 Å². The molecule has 0 unspecified atom stereocenters. The summed E-state index contributed by atoms with van der Waals surface area (Å²) >= 11 is 3.36. The molecule has 0 aliphatic heterocycles. The van der Waals surface area contributed by atoms with Crippen LogP contribution in [0.3, 0.4) is 0 Å². The quantitative estimate of drug-likeness (QED) is 0.404. The summed E-state index contributed by atoms with van der Waals surface area (Å²) in [5, 5.41) is 1.02. The van der Waals surface area contributed by atoms with Crippen molar-refractivity contribution in [2.45, 2.75) is 38.7 Å². The highest BCUT2D eigenvalue weighted by Gasteiger charge is 2.29. The summed E-state index contributed by atoms with van der Waals surface area (Å²) in [5.74, 6) is -0.321. The average Bonchev–Trinajstić information content (AvgIpc) is 2.16. The minimum absolute atomic E-state index is 0.321. The van der Waals surface area contributed by atoms with Gasteiger partial charge in [-0.05, 0) is 26.7 Å². The number of hydrogen-bond donors (Lipinski definition) is 0. The molecule has 0 aliphatic carbocycles. The Bertz CT molecular complexity index is 169. The Hall–Kier alpha value is -0.0900. The van der Waals surface area contributed by atoms with Gasteiger partial charge in [0.15, 0.2) is 5.60 Å². The summed E-state index contributed by atoms with van der Waals surface area (Å²) < 4.78 is 10.1. The van der Waals surface area contributed by atoms with Gasteiger partial charge in [0.2, 0.25) is 0 Å². The third kappa shape index (κ3) is 5.60. The fraction of sp³-hybridized carbons (Fsp3) is 0.900. The van der Waals surface area contributed by atoms with Gasteiger partial charge in [0.25, 0.3) is 0 Å². The Morgan fingerprint density at radius 3 is 2.43 bits per heavy atom. The third-order valence-corrected chi connectivity index (χ3v) is 2.48. The molecule has 14 heavy (non-hydrogen) atoms. The minimum atomic E-state index is -0.816. The Labute approximate surface area is 94.3 Å². The van der Waals surface area contributed by atoms with Crippen LogP contribution in [0.15, 0.2) is 0 Å². The van der Waals surface area contributed by atoms with Crippen LogP contribution in [0, 0.1) is 0 Å². The van der Waals surface area contributed by atoms with Gasteiger partial charge in [-0.3, -0.25) is 0 Å². The standard InChI is InChI=1S/C10H19BrO3/c1-10(2,9(12)13-3)14-8-6-4-5-7-11/h4-8H2,1-3H3. The van der Waals surface area contributed by atoms with E-state index in [1.165, 1.54) is 7.11 Å². The van der Waals surface area contributed by atoms with Gasteiger partial charge in [0, 0.05) is 11.9 Å². The Morgan fingerprint density at radius 1 is 1.29 bits per heavy atom. The lowest BCUT2D eigenvalue weighted by Crippen LogP contribution is -2.36. The van der Waals surface area contributed by atoms with E-state index in [1.807, 2.05) is 0 Å². The van der Waals surface area contributed by atoms with Crippen LogP contribution in [-0.4, -0.2) is 30.6 Å². The van der Waals surface area contributed by atoms with E-state index in [2.05, 4.69) is 20.7 Å². The number of ether oxygens (including phenoxy) is 2. The van der Waals surface area contributed by atoms with Crippen LogP contribution >= 0.6 is 15.9 Å². The highest BCUT2D eigenvalue weighted by atomic mass is 79.9. The predicted octanol–water partition coefficient (Wildman–Crippen LogP) is 2.52. The van der Waals surface area contributed by atoms with Gasteiger partial charge in [0.1, 0.15) is 0 Å². The largest absolute Gasteiger partial charge is 0.467 e. The molecule has 0 fully saturated rings. The maximum atomic E-state index is 11.2. The number of esters is 1. The first-order chi connectivity index (χ1) is 6.54. The maximum absolute atomic E-state index is 11.2. The molecule has 4 heteroatoms. The molecule has 84 valence electrons. The molecule has 0 amide bonds. The number of halogens is 1. The number of carbonyl (C=O) groups is 1. The lowest BCUT2D eigenvalue weighted by atomic mass is 10.1. The fourth-order valence-electron chi connectivity index (χ4n) is 1.01. The van der Waals surface area contributed by atoms with Crippen molar-refractivity contribution in [3.63, 3.8) is 0 Å². The van der Waals surface area contributed by atoms with Crippen LogP contribution in [0.4, 0.5) is 0 Å². The highest BCUT2D eigenvalue weighted by Crippen LogP contribution is 2.12. The van der Waals surface area contributed by atoms with Crippen molar-refractivity contribution < 1.29 is 14.3 Å². The molecular weight excluding hydrogens is 248 g/mol. The van der Waals surface area contributed by atoms with Gasteiger partial charge in [0.05, 0.1) is 7.11 Å². The first kappa shape index (κ1) is 13.9. The van der Waals surface area contributed by atoms with Crippen molar-refractivity contribution in [3.8, 4) is 0 Å². The molecule has 0 aliphatic rings. The molecule has 0 aromatic rings. The normalized spacial score (nSPS) is 11.4. The van der Waals surface area contributed by atoms with Gasteiger partial charge >= 0.3 is 5.97 Å². The van der Waals surface area contributed by atoms with Crippen LogP contribution in [-0.2, 0) is 14.3 Å². The molecule has 0 heterocycles.